The Hall–Kier alpha value is -3.21. The van der Waals surface area contributed by atoms with Crippen molar-refractivity contribution in [2.75, 3.05) is 0 Å². The van der Waals surface area contributed by atoms with Gasteiger partial charge in [-0.1, -0.05) is 19.1 Å². The van der Waals surface area contributed by atoms with Gasteiger partial charge in [0.2, 0.25) is 9.84 Å². The predicted molar refractivity (Wildman–Crippen MR) is 117 cm³/mol. The van der Waals surface area contributed by atoms with E-state index in [0.717, 1.165) is 13.0 Å². The van der Waals surface area contributed by atoms with E-state index in [-0.39, 0.29) is 22.7 Å². The summed E-state index contributed by atoms with van der Waals surface area (Å²) in [6, 6.07) is 6.55. The average molecular weight is 481 g/mol. The summed E-state index contributed by atoms with van der Waals surface area (Å²) < 4.78 is 73.6. The minimum absolute atomic E-state index is 0.123. The Morgan fingerprint density at radius 3 is 2.42 bits per heavy atom. The molecule has 0 unspecified atom stereocenters. The van der Waals surface area contributed by atoms with E-state index < -0.39 is 39.1 Å². The van der Waals surface area contributed by atoms with Crippen LogP contribution in [0.5, 0.6) is 11.8 Å². The minimum Gasteiger partial charge on any atom is -0.421 e. The molecule has 0 fully saturated rings. The smallest absolute Gasteiger partial charge is 0.345 e. The van der Waals surface area contributed by atoms with Crippen molar-refractivity contribution < 1.29 is 26.3 Å². The maximum Gasteiger partial charge on any atom is 0.345 e. The number of halogens is 3. The van der Waals surface area contributed by atoms with Crippen molar-refractivity contribution in [3.8, 4) is 23.0 Å². The molecule has 2 aromatic heterocycles. The van der Waals surface area contributed by atoms with Crippen molar-refractivity contribution >= 4 is 9.84 Å². The lowest BCUT2D eigenvalue weighted by Gasteiger charge is -2.16. The molecule has 0 radical (unpaired) electrons. The van der Waals surface area contributed by atoms with E-state index >= 15 is 0 Å². The highest BCUT2D eigenvalue weighted by atomic mass is 32.2. The molecule has 0 aliphatic heterocycles. The van der Waals surface area contributed by atoms with Gasteiger partial charge in [0.05, 0.1) is 17.1 Å². The van der Waals surface area contributed by atoms with Gasteiger partial charge in [-0.25, -0.2) is 12.8 Å². The molecule has 11 heteroatoms. The van der Waals surface area contributed by atoms with Crippen molar-refractivity contribution in [3.63, 3.8) is 0 Å². The SMILES string of the molecule is CCC(F)(F)S(=O)(=O)Cc1cc(-c2cc(C)c(=O)n(C)c2)nc(Oc2c(C)cccc2F)n1. The third-order valence-electron chi connectivity index (χ3n) is 4.98. The number of rotatable bonds is 7. The van der Waals surface area contributed by atoms with Crippen LogP contribution in [0.4, 0.5) is 13.2 Å². The fraction of sp³-hybridized carbons (Fsp3) is 0.318. The number of aromatic nitrogens is 3. The lowest BCUT2D eigenvalue weighted by Crippen LogP contribution is -2.29. The van der Waals surface area contributed by atoms with Crippen LogP contribution in [0, 0.1) is 19.7 Å². The van der Waals surface area contributed by atoms with Crippen LogP contribution in [-0.2, 0) is 22.6 Å². The summed E-state index contributed by atoms with van der Waals surface area (Å²) in [7, 11) is -3.38. The number of alkyl halides is 2. The summed E-state index contributed by atoms with van der Waals surface area (Å²) in [6.07, 6.45) is 0.555. The first kappa shape index (κ1) is 24.4. The number of pyridine rings is 1. The highest BCUT2D eigenvalue weighted by molar-refractivity contribution is 7.91. The number of benzene rings is 1. The van der Waals surface area contributed by atoms with Gasteiger partial charge in [0, 0.05) is 30.8 Å². The largest absolute Gasteiger partial charge is 0.421 e. The highest BCUT2D eigenvalue weighted by Crippen LogP contribution is 2.31. The molecule has 1 aromatic carbocycles. The van der Waals surface area contributed by atoms with Crippen LogP contribution in [0.1, 0.15) is 30.2 Å². The number of aryl methyl sites for hydroxylation is 3. The molecular formula is C22H22F3N3O4S. The zero-order chi connectivity index (χ0) is 24.6. The molecule has 7 nitrogen and oxygen atoms in total. The molecule has 0 amide bonds. The van der Waals surface area contributed by atoms with Crippen LogP contribution in [0.25, 0.3) is 11.3 Å². The molecular weight excluding hydrogens is 459 g/mol. The van der Waals surface area contributed by atoms with E-state index in [9.17, 15) is 26.4 Å². The molecule has 3 rings (SSSR count). The van der Waals surface area contributed by atoms with Crippen LogP contribution < -0.4 is 10.3 Å². The minimum atomic E-state index is -4.90. The number of ether oxygens (including phenoxy) is 1. The predicted octanol–water partition coefficient (Wildman–Crippen LogP) is 4.31. The van der Waals surface area contributed by atoms with Gasteiger partial charge in [0.15, 0.2) is 11.6 Å². The number of hydrogen-bond donors (Lipinski definition) is 0. The highest BCUT2D eigenvalue weighted by Gasteiger charge is 2.43. The van der Waals surface area contributed by atoms with Gasteiger partial charge in [-0.05, 0) is 37.6 Å². The van der Waals surface area contributed by atoms with E-state index in [2.05, 4.69) is 9.97 Å². The number of sulfone groups is 1. The van der Waals surface area contributed by atoms with E-state index in [1.165, 1.54) is 36.0 Å². The molecule has 33 heavy (non-hydrogen) atoms. The summed E-state index contributed by atoms with van der Waals surface area (Å²) >= 11 is 0. The summed E-state index contributed by atoms with van der Waals surface area (Å²) in [5.41, 5.74) is 0.812. The Labute approximate surface area is 188 Å². The number of para-hydroxylation sites is 1. The van der Waals surface area contributed by atoms with Crippen molar-refractivity contribution in [1.82, 2.24) is 14.5 Å². The van der Waals surface area contributed by atoms with E-state index in [1.807, 2.05) is 0 Å². The second kappa shape index (κ2) is 8.97. The number of nitrogens with zero attached hydrogens (tertiary/aromatic N) is 3. The Morgan fingerprint density at radius 1 is 1.12 bits per heavy atom. The maximum atomic E-state index is 14.3. The molecule has 0 bridgehead atoms. The zero-order valence-corrected chi connectivity index (χ0v) is 19.2. The number of hydrogen-bond acceptors (Lipinski definition) is 6. The van der Waals surface area contributed by atoms with Gasteiger partial charge in [-0.3, -0.25) is 4.79 Å². The monoisotopic (exact) mass is 481 g/mol. The van der Waals surface area contributed by atoms with Gasteiger partial charge in [-0.2, -0.15) is 18.7 Å². The van der Waals surface area contributed by atoms with Crippen molar-refractivity contribution in [3.05, 3.63) is 69.5 Å². The lowest BCUT2D eigenvalue weighted by molar-refractivity contribution is 0.0875. The first-order valence-electron chi connectivity index (χ1n) is 9.93. The quantitative estimate of drug-likeness (QED) is 0.500. The third kappa shape index (κ3) is 5.08. The molecule has 0 saturated heterocycles. The Bertz CT molecular complexity index is 1330. The van der Waals surface area contributed by atoms with E-state index in [0.29, 0.717) is 16.7 Å². The van der Waals surface area contributed by atoms with Crippen LogP contribution >= 0.6 is 0 Å². The van der Waals surface area contributed by atoms with Gasteiger partial charge < -0.3 is 9.30 Å². The topological polar surface area (TPSA) is 91.2 Å². The molecule has 0 aliphatic rings. The second-order valence-electron chi connectivity index (χ2n) is 7.59. The third-order valence-corrected chi connectivity index (χ3v) is 6.85. The van der Waals surface area contributed by atoms with Crippen LogP contribution in [-0.4, -0.2) is 28.2 Å². The molecule has 0 spiro atoms. The first-order valence-corrected chi connectivity index (χ1v) is 11.6. The maximum absolute atomic E-state index is 14.3. The molecule has 0 N–H and O–H groups in total. The Balaban J connectivity index is 2.17. The van der Waals surface area contributed by atoms with Crippen LogP contribution in [0.15, 0.2) is 41.3 Å². The van der Waals surface area contributed by atoms with Crippen LogP contribution in [0.3, 0.4) is 0 Å². The first-order chi connectivity index (χ1) is 15.3. The fourth-order valence-electron chi connectivity index (χ4n) is 3.12. The Kier molecular flexibility index (Phi) is 6.64. The molecule has 2 heterocycles. The van der Waals surface area contributed by atoms with E-state index in [4.69, 9.17) is 4.74 Å². The van der Waals surface area contributed by atoms with Gasteiger partial charge >= 0.3 is 11.3 Å². The summed E-state index contributed by atoms with van der Waals surface area (Å²) in [5, 5.41) is -3.95. The summed E-state index contributed by atoms with van der Waals surface area (Å²) in [6.45, 7) is 4.23. The van der Waals surface area contributed by atoms with Crippen molar-refractivity contribution in [1.29, 1.82) is 0 Å². The average Bonchev–Trinajstić information content (AvgIpc) is 2.73. The van der Waals surface area contributed by atoms with Crippen molar-refractivity contribution in [2.45, 2.75) is 38.2 Å². The zero-order valence-electron chi connectivity index (χ0n) is 18.4. The van der Waals surface area contributed by atoms with Gasteiger partial charge in [0.25, 0.3) is 5.56 Å². The summed E-state index contributed by atoms with van der Waals surface area (Å²) in [4.78, 5) is 20.2. The standard InChI is InChI=1S/C22H22F3N3O4S/c1-5-22(24,25)33(30,31)12-16-10-18(15-9-14(3)20(29)28(4)11-15)27-21(26-16)32-19-13(2)7-6-8-17(19)23/h6-11H,5,12H2,1-4H3. The fourth-order valence-corrected chi connectivity index (χ4v) is 4.30. The molecule has 0 atom stereocenters. The Morgan fingerprint density at radius 2 is 1.82 bits per heavy atom. The lowest BCUT2D eigenvalue weighted by atomic mass is 10.1. The second-order valence-corrected chi connectivity index (χ2v) is 9.71. The van der Waals surface area contributed by atoms with E-state index in [1.54, 1.807) is 19.9 Å². The molecule has 0 aliphatic carbocycles. The van der Waals surface area contributed by atoms with Gasteiger partial charge in [-0.15, -0.1) is 0 Å². The van der Waals surface area contributed by atoms with Crippen LogP contribution in [0.2, 0.25) is 0 Å². The van der Waals surface area contributed by atoms with Crippen molar-refractivity contribution in [2.24, 2.45) is 7.05 Å². The molecule has 0 saturated carbocycles. The molecule has 3 aromatic rings. The normalized spacial score (nSPS) is 12.1. The molecule has 176 valence electrons. The summed E-state index contributed by atoms with van der Waals surface area (Å²) in [5.74, 6) is -1.96. The van der Waals surface area contributed by atoms with Gasteiger partial charge in [0.1, 0.15) is 0 Å².